The molecule has 0 spiro atoms. The fourth-order valence-electron chi connectivity index (χ4n) is 4.68. The average Bonchev–Trinajstić information content (AvgIpc) is 3.42. The van der Waals surface area contributed by atoms with E-state index in [9.17, 15) is 4.79 Å². The second kappa shape index (κ2) is 7.06. The van der Waals surface area contributed by atoms with Crippen LogP contribution in [0.2, 0.25) is 5.02 Å². The number of amides is 1. The van der Waals surface area contributed by atoms with E-state index in [1.165, 1.54) is 10.9 Å². The minimum absolute atomic E-state index is 0.0856. The smallest absolute Gasteiger partial charge is 0.256 e. The Labute approximate surface area is 184 Å². The highest BCUT2D eigenvalue weighted by Gasteiger charge is 2.36. The van der Waals surface area contributed by atoms with Gasteiger partial charge in [0.15, 0.2) is 11.5 Å². The number of H-pyrrole nitrogens is 1. The molecule has 2 aliphatic rings. The van der Waals surface area contributed by atoms with Gasteiger partial charge in [0.25, 0.3) is 5.91 Å². The first-order valence-electron chi connectivity index (χ1n) is 10.3. The Hall–Kier alpha value is -3.44. The third-order valence-corrected chi connectivity index (χ3v) is 6.44. The van der Waals surface area contributed by atoms with Crippen LogP contribution in [0.15, 0.2) is 66.7 Å². The van der Waals surface area contributed by atoms with Gasteiger partial charge in [-0.15, -0.1) is 0 Å². The molecule has 6 heteroatoms. The Kier molecular flexibility index (Phi) is 4.18. The molecule has 0 saturated heterocycles. The van der Waals surface area contributed by atoms with E-state index in [4.69, 9.17) is 21.1 Å². The minimum Gasteiger partial charge on any atom is -0.454 e. The summed E-state index contributed by atoms with van der Waals surface area (Å²) in [5.74, 6) is 1.34. The van der Waals surface area contributed by atoms with Crippen molar-refractivity contribution in [1.29, 1.82) is 0 Å². The molecule has 1 N–H and O–H groups in total. The van der Waals surface area contributed by atoms with Crippen LogP contribution in [-0.4, -0.2) is 29.1 Å². The van der Waals surface area contributed by atoms with Gasteiger partial charge in [-0.2, -0.15) is 0 Å². The summed E-state index contributed by atoms with van der Waals surface area (Å²) >= 11 is 6.38. The summed E-state index contributed by atoms with van der Waals surface area (Å²) in [5.41, 5.74) is 4.84. The van der Waals surface area contributed by atoms with Crippen LogP contribution in [0.3, 0.4) is 0 Å². The van der Waals surface area contributed by atoms with Crippen LogP contribution in [0, 0.1) is 0 Å². The first-order valence-corrected chi connectivity index (χ1v) is 10.6. The second-order valence-corrected chi connectivity index (χ2v) is 8.21. The Bertz CT molecular complexity index is 1330. The number of carbonyl (C=O) groups excluding carboxylic acids is 1. The van der Waals surface area contributed by atoms with Gasteiger partial charge in [0.05, 0.1) is 16.6 Å². The SMILES string of the molecule is O=C(c1ccccc1Cl)N1CCc2c([nH]c3ccccc23)[C@@H]1c1ccc2c(c1)OCO2. The van der Waals surface area contributed by atoms with Crippen molar-refractivity contribution in [3.63, 3.8) is 0 Å². The van der Waals surface area contributed by atoms with Crippen LogP contribution >= 0.6 is 11.6 Å². The number of aromatic nitrogens is 1. The van der Waals surface area contributed by atoms with Crippen molar-refractivity contribution in [3.05, 3.63) is 94.1 Å². The zero-order chi connectivity index (χ0) is 20.9. The van der Waals surface area contributed by atoms with E-state index >= 15 is 0 Å². The Morgan fingerprint density at radius 3 is 2.71 bits per heavy atom. The number of aromatic amines is 1. The molecule has 3 heterocycles. The van der Waals surface area contributed by atoms with Gasteiger partial charge >= 0.3 is 0 Å². The lowest BCUT2D eigenvalue weighted by atomic mass is 9.91. The number of nitrogens with zero attached hydrogens (tertiary/aromatic N) is 1. The van der Waals surface area contributed by atoms with Crippen LogP contribution in [0.25, 0.3) is 10.9 Å². The highest BCUT2D eigenvalue weighted by atomic mass is 35.5. The summed E-state index contributed by atoms with van der Waals surface area (Å²) in [6.45, 7) is 0.807. The van der Waals surface area contributed by atoms with Crippen LogP contribution in [-0.2, 0) is 6.42 Å². The van der Waals surface area contributed by atoms with E-state index in [0.29, 0.717) is 22.9 Å². The zero-order valence-corrected chi connectivity index (χ0v) is 17.4. The number of benzene rings is 3. The summed E-state index contributed by atoms with van der Waals surface area (Å²) in [4.78, 5) is 19.1. The van der Waals surface area contributed by atoms with Gasteiger partial charge in [0.2, 0.25) is 6.79 Å². The highest BCUT2D eigenvalue weighted by molar-refractivity contribution is 6.33. The molecule has 5 nitrogen and oxygen atoms in total. The van der Waals surface area contributed by atoms with Crippen molar-refractivity contribution >= 4 is 28.4 Å². The van der Waals surface area contributed by atoms with Crippen LogP contribution in [0.5, 0.6) is 11.5 Å². The molecule has 0 radical (unpaired) electrons. The van der Waals surface area contributed by atoms with Gasteiger partial charge in [0.1, 0.15) is 0 Å². The normalized spacial score (nSPS) is 17.1. The van der Waals surface area contributed by atoms with Gasteiger partial charge in [-0.05, 0) is 47.9 Å². The molecular weight excluding hydrogens is 412 g/mol. The van der Waals surface area contributed by atoms with E-state index in [2.05, 4.69) is 17.1 Å². The third kappa shape index (κ3) is 2.88. The molecule has 0 aliphatic carbocycles. The van der Waals surface area contributed by atoms with Gasteiger partial charge in [-0.25, -0.2) is 0 Å². The topological polar surface area (TPSA) is 54.6 Å². The molecule has 154 valence electrons. The molecule has 2 aliphatic heterocycles. The molecule has 0 saturated carbocycles. The lowest BCUT2D eigenvalue weighted by Gasteiger charge is -2.36. The molecule has 1 amide bonds. The summed E-state index contributed by atoms with van der Waals surface area (Å²) in [6.07, 6.45) is 0.774. The Balaban J connectivity index is 1.53. The highest BCUT2D eigenvalue weighted by Crippen LogP contribution is 2.42. The monoisotopic (exact) mass is 430 g/mol. The maximum Gasteiger partial charge on any atom is 0.256 e. The molecule has 31 heavy (non-hydrogen) atoms. The van der Waals surface area contributed by atoms with Crippen LogP contribution in [0.4, 0.5) is 0 Å². The molecule has 1 aromatic heterocycles. The van der Waals surface area contributed by atoms with Crippen molar-refractivity contribution in [2.24, 2.45) is 0 Å². The third-order valence-electron chi connectivity index (χ3n) is 6.11. The number of ether oxygens (including phenoxy) is 2. The lowest BCUT2D eigenvalue weighted by molar-refractivity contribution is 0.0692. The molecule has 0 unspecified atom stereocenters. The lowest BCUT2D eigenvalue weighted by Crippen LogP contribution is -2.40. The van der Waals surface area contributed by atoms with Crippen molar-refractivity contribution < 1.29 is 14.3 Å². The Morgan fingerprint density at radius 1 is 1.00 bits per heavy atom. The average molecular weight is 431 g/mol. The maximum atomic E-state index is 13.6. The van der Waals surface area contributed by atoms with Crippen molar-refractivity contribution in [3.8, 4) is 11.5 Å². The number of carbonyl (C=O) groups is 1. The first-order chi connectivity index (χ1) is 15.2. The van der Waals surface area contributed by atoms with E-state index in [0.717, 1.165) is 28.9 Å². The van der Waals surface area contributed by atoms with Crippen molar-refractivity contribution in [2.75, 3.05) is 13.3 Å². The van der Waals surface area contributed by atoms with E-state index < -0.39 is 0 Å². The van der Waals surface area contributed by atoms with Crippen molar-refractivity contribution in [2.45, 2.75) is 12.5 Å². The number of hydrogen-bond acceptors (Lipinski definition) is 3. The minimum atomic E-state index is -0.283. The van der Waals surface area contributed by atoms with Crippen molar-refractivity contribution in [1.82, 2.24) is 9.88 Å². The number of nitrogens with one attached hydrogen (secondary N) is 1. The fraction of sp³-hybridized carbons (Fsp3) is 0.160. The molecule has 3 aromatic carbocycles. The number of rotatable bonds is 2. The number of para-hydroxylation sites is 1. The van der Waals surface area contributed by atoms with E-state index in [-0.39, 0.29) is 18.7 Å². The van der Waals surface area contributed by atoms with Gasteiger partial charge in [-0.3, -0.25) is 4.79 Å². The number of hydrogen-bond donors (Lipinski definition) is 1. The maximum absolute atomic E-state index is 13.6. The first kappa shape index (κ1) is 18.3. The molecule has 4 aromatic rings. The van der Waals surface area contributed by atoms with Gasteiger partial charge in [0, 0.05) is 23.1 Å². The predicted octanol–water partition coefficient (Wildman–Crippen LogP) is 5.34. The van der Waals surface area contributed by atoms with E-state index in [1.807, 2.05) is 47.4 Å². The molecule has 6 rings (SSSR count). The summed E-state index contributed by atoms with van der Waals surface area (Å²) in [5, 5.41) is 1.66. The quantitative estimate of drug-likeness (QED) is 0.467. The molecule has 0 bridgehead atoms. The van der Waals surface area contributed by atoms with Crippen LogP contribution < -0.4 is 9.47 Å². The van der Waals surface area contributed by atoms with Gasteiger partial charge in [-0.1, -0.05) is 48.0 Å². The molecule has 1 atom stereocenters. The van der Waals surface area contributed by atoms with Gasteiger partial charge < -0.3 is 19.4 Å². The number of fused-ring (bicyclic) bond motifs is 4. The zero-order valence-electron chi connectivity index (χ0n) is 16.6. The largest absolute Gasteiger partial charge is 0.454 e. The summed E-state index contributed by atoms with van der Waals surface area (Å²) in [7, 11) is 0. The van der Waals surface area contributed by atoms with E-state index in [1.54, 1.807) is 12.1 Å². The second-order valence-electron chi connectivity index (χ2n) is 7.81. The Morgan fingerprint density at radius 2 is 1.81 bits per heavy atom. The number of halogens is 1. The molecular formula is C25H19ClN2O3. The fourth-order valence-corrected chi connectivity index (χ4v) is 4.90. The summed E-state index contributed by atoms with van der Waals surface area (Å²) < 4.78 is 11.1. The summed E-state index contributed by atoms with van der Waals surface area (Å²) in [6, 6.07) is 21.1. The predicted molar refractivity (Wildman–Crippen MR) is 119 cm³/mol. The standard InChI is InChI=1S/C25H19ClN2O3/c26-19-7-3-1-6-18(19)25(29)28-12-11-17-16-5-2-4-8-20(16)27-23(17)24(28)15-9-10-21-22(13-15)31-14-30-21/h1-10,13,24,27H,11-12,14H2/t24-/m0/s1. The van der Waals surface area contributed by atoms with Crippen LogP contribution in [0.1, 0.15) is 33.2 Å². The molecule has 0 fully saturated rings.